The Kier molecular flexibility index (Phi) is 7810. The first-order chi connectivity index (χ1) is 0. The Balaban J connectivity index is 0. The summed E-state index contributed by atoms with van der Waals surface area (Å²) in [5.41, 5.74) is 0. The van der Waals surface area contributed by atoms with E-state index in [2.05, 4.69) is 0 Å². The average Bonchev–Trinajstić information content (AvgIpc) is 0. The van der Waals surface area contributed by atoms with Gasteiger partial charge in [0.1, 0.15) is 0 Å². The summed E-state index contributed by atoms with van der Waals surface area (Å²) < 4.78 is 0. The molecule has 0 aromatic heterocycles. The van der Waals surface area contributed by atoms with Gasteiger partial charge in [0.05, 0.1) is 0 Å². The first kappa shape index (κ1) is 1040. The van der Waals surface area contributed by atoms with Crippen LogP contribution < -0.4 is 0 Å². The molecule has 0 heterocycles. The van der Waals surface area contributed by atoms with Crippen molar-refractivity contribution in [2.45, 2.75) is 0 Å². The Morgan fingerprint density at radius 3 is 0.00730 bits per heavy atom. The quantitative estimate of drug-likeness (QED) is 0.312. The molecular weight excluding hydrogens is 12200 g/mol. The van der Waals surface area contributed by atoms with Crippen LogP contribution in [0.3, 0.4) is 0 Å². The van der Waals surface area contributed by atoms with E-state index in [1.54, 1.807) is 0 Å². The van der Waals surface area contributed by atoms with Crippen LogP contribution in [0.4, 0.5) is 0 Å². The average molecular weight is 12200 g/mol. The zero-order valence-electron chi connectivity index (χ0n) is 79.1. The molecular formula is Y137. The van der Waals surface area contributed by atoms with Crippen molar-refractivity contribution in [3.63, 3.8) is 0 Å². The van der Waals surface area contributed by atoms with Crippen LogP contribution >= 0.6 is 0 Å². The summed E-state index contributed by atoms with van der Waals surface area (Å²) in [6.07, 6.45) is 0. The molecule has 0 aliphatic heterocycles. The predicted octanol–water partition coefficient (Wildman–Crippen LogP) is -0.343. The molecule has 137 heteroatoms. The van der Waals surface area contributed by atoms with Crippen LogP contribution in [0.25, 0.3) is 0 Å². The van der Waals surface area contributed by atoms with Crippen molar-refractivity contribution in [1.29, 1.82) is 0 Å². The monoisotopic (exact) mass is 12200 g/mol. The van der Waals surface area contributed by atoms with Gasteiger partial charge in [-0.05, 0) is 0 Å². The Labute approximate surface area is 4300 Å². The third-order valence-corrected chi connectivity index (χ3v) is 0. The van der Waals surface area contributed by atoms with E-state index in [-0.39, 0.29) is 4480 Å². The van der Waals surface area contributed by atoms with Gasteiger partial charge in [-0.15, -0.1) is 0 Å². The van der Waals surface area contributed by atoms with Crippen LogP contribution in [0, 0.1) is 0 Å². The Hall–Kier alpha value is 151. The van der Waals surface area contributed by atoms with Crippen molar-refractivity contribution >= 4 is 0 Å². The second kappa shape index (κ2) is 1030. The minimum atomic E-state index is 0. The second-order valence-electron chi connectivity index (χ2n) is 0. The molecule has 0 aliphatic rings. The van der Waals surface area contributed by atoms with E-state index in [0.717, 1.165) is 0 Å². The molecule has 0 rings (SSSR count). The minimum Gasteiger partial charge on any atom is 0 e. The Bertz CT molecular complexity index is 0. The normalized spacial score (nSPS) is 0. The van der Waals surface area contributed by atoms with E-state index in [4.69, 9.17) is 0 Å². The van der Waals surface area contributed by atoms with Crippen LogP contribution in [0.1, 0.15) is 0 Å². The van der Waals surface area contributed by atoms with Gasteiger partial charge in [0, 0.05) is 4480 Å². The van der Waals surface area contributed by atoms with Gasteiger partial charge in [-0.1, -0.05) is 0 Å². The molecule has 0 spiro atoms. The van der Waals surface area contributed by atoms with E-state index in [0.29, 0.717) is 0 Å². The standard InChI is InChI=1S/137Y. The van der Waals surface area contributed by atoms with Gasteiger partial charge in [0.25, 0.3) is 0 Å². The van der Waals surface area contributed by atoms with Gasteiger partial charge in [-0.25, -0.2) is 0 Å². The molecule has 137 radical (unpaired) electrons. The maximum atomic E-state index is 0. The van der Waals surface area contributed by atoms with Crippen molar-refractivity contribution in [3.05, 3.63) is 0 Å². The summed E-state index contributed by atoms with van der Waals surface area (Å²) >= 11 is 0. The van der Waals surface area contributed by atoms with Crippen LogP contribution in [-0.2, 0) is 4480 Å². The molecule has 0 amide bonds. The fraction of sp³-hybridized carbons (Fsp3) is 0. The van der Waals surface area contributed by atoms with Crippen LogP contribution in [0.2, 0.25) is 0 Å². The maximum Gasteiger partial charge on any atom is 0 e. The van der Waals surface area contributed by atoms with Crippen molar-refractivity contribution < 1.29 is 4480 Å². The number of rotatable bonds is 0. The van der Waals surface area contributed by atoms with E-state index in [1.165, 1.54) is 0 Å². The summed E-state index contributed by atoms with van der Waals surface area (Å²) in [5, 5.41) is 0. The van der Waals surface area contributed by atoms with Crippen LogP contribution in [-0.4, -0.2) is 0 Å². The van der Waals surface area contributed by atoms with Gasteiger partial charge in [0.15, 0.2) is 0 Å². The molecule has 0 saturated heterocycles. The summed E-state index contributed by atoms with van der Waals surface area (Å²) in [4.78, 5) is 0. The molecule has 137 heavy (non-hydrogen) atoms. The zero-order chi connectivity index (χ0) is 0. The molecule has 0 unspecified atom stereocenters. The van der Waals surface area contributed by atoms with Gasteiger partial charge in [-0.2, -0.15) is 0 Å². The number of hydrogen-bond donors (Lipinski definition) is 0. The van der Waals surface area contributed by atoms with Gasteiger partial charge in [-0.3, -0.25) is 0 Å². The zero-order valence-corrected chi connectivity index (χ0v) is 468. The van der Waals surface area contributed by atoms with Crippen molar-refractivity contribution in [1.82, 2.24) is 0 Å². The predicted molar refractivity (Wildman–Crippen MR) is 0 cm³/mol. The smallest absolute Gasteiger partial charge is 0 e. The summed E-state index contributed by atoms with van der Waals surface area (Å²) in [5.74, 6) is 0. The molecule has 0 fully saturated rings. The first-order valence-electron chi connectivity index (χ1n) is 0. The molecule has 0 aliphatic carbocycles. The van der Waals surface area contributed by atoms with Crippen LogP contribution in [0.5, 0.6) is 0 Å². The van der Waals surface area contributed by atoms with Gasteiger partial charge >= 0.3 is 0 Å². The fourth-order valence-electron chi connectivity index (χ4n) is 0. The maximum absolute atomic E-state index is 0. The topological polar surface area (TPSA) is 0 Å². The molecule has 411 valence electrons. The largest absolute Gasteiger partial charge is 0 e. The number of hydrogen-bond acceptors (Lipinski definition) is 0. The van der Waals surface area contributed by atoms with E-state index in [1.807, 2.05) is 0 Å². The molecule has 0 nitrogen and oxygen atoms in total. The Morgan fingerprint density at radius 2 is 0.00730 bits per heavy atom. The molecule has 0 aromatic rings. The molecule has 0 bridgehead atoms. The SMILES string of the molecule is [Y].[Y].[Y].[Y].[Y].[Y].[Y].[Y].[Y].[Y].[Y].[Y].[Y].[Y].[Y].[Y].[Y].[Y].[Y].[Y].[Y].[Y].[Y].[Y].[Y].[Y].[Y].[Y].[Y].[Y].[Y].[Y].[Y].[Y].[Y].[Y].[Y].[Y].[Y].[Y].[Y].[Y].[Y].[Y].[Y].[Y].[Y].[Y].[Y].[Y].[Y].[Y].[Y].[Y].[Y].[Y].[Y].[Y].[Y].[Y].[Y].[Y].[Y].[Y].[Y].[Y].[Y].[Y].[Y].[Y].[Y].[Y].[Y].[Y].[Y].[Y].[Y].[Y].[Y].[Y].[Y].[Y].[Y].[Y].[Y].[Y].[Y].[Y].[Y].[Y].[Y].[Y].[Y].[Y].[Y].[Y].[Y].[Y].[Y].[Y].[Y].[Y].[Y].[Y].[Y].[Y].[Y].[Y].[Y].[Y].[Y].[Y].[Y].[Y].[Y].[Y].[Y].[Y].[Y].[Y].[Y].[Y].[Y].[Y].[Y].[Y].[Y].[Y].[Y].[Y].[Y].[Y].[Y].[Y].[Y].[Y].[Y]. The third kappa shape index (κ3) is 1020. The van der Waals surface area contributed by atoms with E-state index < -0.39 is 0 Å². The second-order valence-corrected chi connectivity index (χ2v) is 0. The van der Waals surface area contributed by atoms with Crippen molar-refractivity contribution in [3.8, 4) is 0 Å². The van der Waals surface area contributed by atoms with Gasteiger partial charge in [0.2, 0.25) is 0 Å². The molecule has 0 saturated carbocycles. The fourth-order valence-corrected chi connectivity index (χ4v) is 0. The molecule has 0 atom stereocenters. The van der Waals surface area contributed by atoms with E-state index in [9.17, 15) is 0 Å². The minimum absolute atomic E-state index is 0. The van der Waals surface area contributed by atoms with E-state index >= 15 is 0 Å². The third-order valence-electron chi connectivity index (χ3n) is 0. The van der Waals surface area contributed by atoms with Gasteiger partial charge < -0.3 is 0 Å². The summed E-state index contributed by atoms with van der Waals surface area (Å²) in [7, 11) is 0. The summed E-state index contributed by atoms with van der Waals surface area (Å²) in [6.45, 7) is 0. The molecule has 0 aromatic carbocycles. The van der Waals surface area contributed by atoms with Crippen LogP contribution in [0.15, 0.2) is 0 Å². The first-order valence-corrected chi connectivity index (χ1v) is 0. The van der Waals surface area contributed by atoms with Crippen molar-refractivity contribution in [2.24, 2.45) is 0 Å². The van der Waals surface area contributed by atoms with Crippen molar-refractivity contribution in [2.75, 3.05) is 0 Å². The summed E-state index contributed by atoms with van der Waals surface area (Å²) in [6, 6.07) is 0. The Morgan fingerprint density at radius 1 is 0.00730 bits per heavy atom. The molecule has 0 N–H and O–H groups in total.